The molecule has 0 bridgehead atoms. The molecule has 0 aromatic heterocycles. The van der Waals surface area contributed by atoms with Gasteiger partial charge >= 0.3 is 73.5 Å². The van der Waals surface area contributed by atoms with Crippen LogP contribution in [0.15, 0.2) is 30.3 Å². The summed E-state index contributed by atoms with van der Waals surface area (Å²) >= 11 is 0.155. The van der Waals surface area contributed by atoms with Crippen molar-refractivity contribution in [2.75, 3.05) is 0 Å². The summed E-state index contributed by atoms with van der Waals surface area (Å²) in [6, 6.07) is 8.76. The quantitative estimate of drug-likeness (QED) is 0.614. The molecule has 1 aliphatic carbocycles. The zero-order valence-corrected chi connectivity index (χ0v) is 8.69. The minimum absolute atomic E-state index is 0.155. The van der Waals surface area contributed by atoms with E-state index in [-0.39, 0.29) is 15.4 Å². The first-order chi connectivity index (χ1) is 5.42. The van der Waals surface area contributed by atoms with Crippen molar-refractivity contribution < 1.29 is 0 Å². The van der Waals surface area contributed by atoms with Crippen LogP contribution in [0.3, 0.4) is 0 Å². The number of hydrogen-bond acceptors (Lipinski definition) is 0. The van der Waals surface area contributed by atoms with Crippen molar-refractivity contribution in [3.8, 4) is 0 Å². The second-order valence-electron chi connectivity index (χ2n) is 2.73. The Balaban J connectivity index is 2.48. The van der Waals surface area contributed by atoms with E-state index >= 15 is 0 Å². The second kappa shape index (κ2) is 2.86. The first kappa shape index (κ1) is 7.17. The van der Waals surface area contributed by atoms with Gasteiger partial charge in [0.15, 0.2) is 0 Å². The zero-order valence-electron chi connectivity index (χ0n) is 6.59. The van der Waals surface area contributed by atoms with Gasteiger partial charge in [-0.05, 0) is 0 Å². The molecule has 0 saturated heterocycles. The van der Waals surface area contributed by atoms with E-state index in [4.69, 9.17) is 0 Å². The van der Waals surface area contributed by atoms with Gasteiger partial charge in [-0.1, -0.05) is 0 Å². The van der Waals surface area contributed by atoms with Gasteiger partial charge in [0.1, 0.15) is 0 Å². The SMILES string of the molecule is [CH3][Ge][C]1=CCc2ccccc21. The summed E-state index contributed by atoms with van der Waals surface area (Å²) in [5.41, 5.74) is 3.04. The molecule has 2 rings (SSSR count). The molecule has 2 radical (unpaired) electrons. The molecule has 0 N–H and O–H groups in total. The molecule has 0 saturated carbocycles. The average molecular weight is 203 g/mol. The molecule has 0 spiro atoms. The number of rotatable bonds is 1. The topological polar surface area (TPSA) is 0 Å². The standard InChI is InChI=1S/C10H10Ge/c1-11-10-7-6-8-4-2-3-5-9(8)10/h2-5,7H,6H2,1H3. The van der Waals surface area contributed by atoms with Crippen molar-refractivity contribution >= 4 is 19.8 Å². The monoisotopic (exact) mass is 204 g/mol. The summed E-state index contributed by atoms with van der Waals surface area (Å²) in [5.74, 6) is 2.34. The van der Waals surface area contributed by atoms with E-state index in [1.165, 1.54) is 17.5 Å². The predicted molar refractivity (Wildman–Crippen MR) is 49.7 cm³/mol. The Morgan fingerprint density at radius 3 is 2.91 bits per heavy atom. The van der Waals surface area contributed by atoms with Crippen LogP contribution in [0.1, 0.15) is 11.1 Å². The number of benzene rings is 1. The van der Waals surface area contributed by atoms with Crippen molar-refractivity contribution in [2.24, 2.45) is 0 Å². The van der Waals surface area contributed by atoms with Crippen LogP contribution in [0.25, 0.3) is 4.41 Å². The Morgan fingerprint density at radius 1 is 1.27 bits per heavy atom. The molecular formula is C10H10Ge. The molecule has 54 valence electrons. The summed E-state index contributed by atoms with van der Waals surface area (Å²) in [6.07, 6.45) is 3.56. The molecular weight excluding hydrogens is 193 g/mol. The maximum atomic E-state index is 2.39. The van der Waals surface area contributed by atoms with Gasteiger partial charge in [0.05, 0.1) is 0 Å². The van der Waals surface area contributed by atoms with E-state index in [1.54, 1.807) is 4.41 Å². The Morgan fingerprint density at radius 2 is 2.09 bits per heavy atom. The van der Waals surface area contributed by atoms with Gasteiger partial charge in [-0.25, -0.2) is 0 Å². The maximum absolute atomic E-state index is 2.39. The fourth-order valence-corrected chi connectivity index (χ4v) is 3.24. The third-order valence-corrected chi connectivity index (χ3v) is 4.23. The third-order valence-electron chi connectivity index (χ3n) is 2.10. The van der Waals surface area contributed by atoms with E-state index in [2.05, 4.69) is 36.1 Å². The van der Waals surface area contributed by atoms with Gasteiger partial charge in [-0.3, -0.25) is 0 Å². The molecule has 11 heavy (non-hydrogen) atoms. The number of fused-ring (bicyclic) bond motifs is 1. The van der Waals surface area contributed by atoms with Crippen LogP contribution in [-0.4, -0.2) is 15.4 Å². The Labute approximate surface area is 73.8 Å². The number of allylic oxidation sites excluding steroid dienone is 1. The third kappa shape index (κ3) is 1.16. The van der Waals surface area contributed by atoms with Gasteiger partial charge in [0, 0.05) is 0 Å². The van der Waals surface area contributed by atoms with Crippen molar-refractivity contribution in [1.29, 1.82) is 0 Å². The molecule has 0 amide bonds. The second-order valence-corrected chi connectivity index (χ2v) is 4.91. The average Bonchev–Trinajstić information content (AvgIpc) is 2.47. The van der Waals surface area contributed by atoms with E-state index in [0.717, 1.165) is 0 Å². The Bertz CT molecular complexity index is 299. The van der Waals surface area contributed by atoms with E-state index < -0.39 is 0 Å². The van der Waals surface area contributed by atoms with Crippen molar-refractivity contribution in [3.05, 3.63) is 41.5 Å². The first-order valence-electron chi connectivity index (χ1n) is 3.88. The first-order valence-corrected chi connectivity index (χ1v) is 7.02. The van der Waals surface area contributed by atoms with Crippen LogP contribution < -0.4 is 0 Å². The minimum atomic E-state index is 0.155. The summed E-state index contributed by atoms with van der Waals surface area (Å²) < 4.78 is 1.64. The van der Waals surface area contributed by atoms with Gasteiger partial charge < -0.3 is 0 Å². The van der Waals surface area contributed by atoms with Crippen molar-refractivity contribution in [2.45, 2.75) is 12.2 Å². The molecule has 0 atom stereocenters. The van der Waals surface area contributed by atoms with E-state index in [9.17, 15) is 0 Å². The van der Waals surface area contributed by atoms with Gasteiger partial charge in [-0.15, -0.1) is 0 Å². The summed E-state index contributed by atoms with van der Waals surface area (Å²) in [6.45, 7) is 0. The van der Waals surface area contributed by atoms with Crippen LogP contribution in [0.2, 0.25) is 5.76 Å². The van der Waals surface area contributed by atoms with Gasteiger partial charge in [0.25, 0.3) is 0 Å². The van der Waals surface area contributed by atoms with Crippen LogP contribution in [0.5, 0.6) is 0 Å². The van der Waals surface area contributed by atoms with Crippen molar-refractivity contribution in [1.82, 2.24) is 0 Å². The fraction of sp³-hybridized carbons (Fsp3) is 0.200. The van der Waals surface area contributed by atoms with Crippen LogP contribution >= 0.6 is 0 Å². The van der Waals surface area contributed by atoms with E-state index in [0.29, 0.717) is 0 Å². The van der Waals surface area contributed by atoms with Crippen LogP contribution in [0.4, 0.5) is 0 Å². The molecule has 1 aromatic carbocycles. The molecule has 0 heterocycles. The van der Waals surface area contributed by atoms with Gasteiger partial charge in [-0.2, -0.15) is 0 Å². The van der Waals surface area contributed by atoms with Crippen molar-refractivity contribution in [3.63, 3.8) is 0 Å². The summed E-state index contributed by atoms with van der Waals surface area (Å²) in [7, 11) is 0. The molecule has 0 fully saturated rings. The molecule has 1 heteroatoms. The molecule has 0 unspecified atom stereocenters. The van der Waals surface area contributed by atoms with E-state index in [1.807, 2.05) is 0 Å². The normalized spacial score (nSPS) is 14.5. The zero-order chi connectivity index (χ0) is 7.68. The molecule has 1 aliphatic rings. The van der Waals surface area contributed by atoms with Crippen LogP contribution in [0, 0.1) is 0 Å². The Hall–Kier alpha value is -0.497. The Kier molecular flexibility index (Phi) is 1.86. The van der Waals surface area contributed by atoms with Crippen LogP contribution in [-0.2, 0) is 6.42 Å². The predicted octanol–water partition coefficient (Wildman–Crippen LogP) is 2.34. The molecule has 0 nitrogen and oxygen atoms in total. The fourth-order valence-electron chi connectivity index (χ4n) is 1.52. The molecule has 1 aromatic rings. The summed E-state index contributed by atoms with van der Waals surface area (Å²) in [5, 5.41) is 0. The van der Waals surface area contributed by atoms with Gasteiger partial charge in [0.2, 0.25) is 0 Å². The number of hydrogen-bond donors (Lipinski definition) is 0. The molecule has 0 aliphatic heterocycles. The summed E-state index contributed by atoms with van der Waals surface area (Å²) in [4.78, 5) is 0.